The molecule has 3 rings (SSSR count). The minimum absolute atomic E-state index is 0.166. The van der Waals surface area contributed by atoms with Crippen LogP contribution in [0.4, 0.5) is 4.39 Å². The number of hydrogen-bond donors (Lipinski definition) is 0. The van der Waals surface area contributed by atoms with E-state index in [1.165, 1.54) is 25.1 Å². The van der Waals surface area contributed by atoms with Crippen LogP contribution in [0, 0.1) is 0 Å². The molecule has 0 unspecified atom stereocenters. The molecule has 21 heavy (non-hydrogen) atoms. The van der Waals surface area contributed by atoms with Gasteiger partial charge in [0.1, 0.15) is 12.7 Å². The zero-order valence-electron chi connectivity index (χ0n) is 11.0. The molecule has 1 fully saturated rings. The molecule has 112 valence electrons. The molecule has 0 aliphatic carbocycles. The van der Waals surface area contributed by atoms with Crippen LogP contribution in [0.3, 0.4) is 0 Å². The molecule has 4 atom stereocenters. The topological polar surface area (TPSA) is 61.8 Å². The van der Waals surface area contributed by atoms with Crippen molar-refractivity contribution < 1.29 is 28.2 Å². The van der Waals surface area contributed by atoms with E-state index >= 15 is 0 Å². The Hall–Kier alpha value is -1.47. The lowest BCUT2D eigenvalue weighted by Gasteiger charge is -2.26. The Morgan fingerprint density at radius 3 is 2.67 bits per heavy atom. The fraction of sp³-hybridized carbons (Fsp3) is 0.429. The summed E-state index contributed by atoms with van der Waals surface area (Å²) in [5, 5.41) is -0.949. The number of halogens is 2. The third kappa shape index (κ3) is 2.44. The highest BCUT2D eigenvalue weighted by atomic mass is 79.9. The largest absolute Gasteiger partial charge is 0.459 e. The van der Waals surface area contributed by atoms with Crippen molar-refractivity contribution in [3.05, 3.63) is 35.4 Å². The van der Waals surface area contributed by atoms with Gasteiger partial charge in [-0.1, -0.05) is 22.0 Å². The minimum atomic E-state index is -1.93. The quantitative estimate of drug-likeness (QED) is 0.525. The summed E-state index contributed by atoms with van der Waals surface area (Å²) < 4.78 is 30.4. The number of carbonyl (C=O) groups is 2. The predicted molar refractivity (Wildman–Crippen MR) is 73.0 cm³/mol. The second-order valence-electron chi connectivity index (χ2n) is 5.15. The van der Waals surface area contributed by atoms with Crippen LogP contribution in [0.5, 0.6) is 0 Å². The van der Waals surface area contributed by atoms with Crippen LogP contribution in [0.2, 0.25) is 0 Å². The normalized spacial score (nSPS) is 35.7. The summed E-state index contributed by atoms with van der Waals surface area (Å²) >= 11 is 3.06. The highest BCUT2D eigenvalue weighted by Crippen LogP contribution is 2.40. The van der Waals surface area contributed by atoms with E-state index in [4.69, 9.17) is 14.2 Å². The Morgan fingerprint density at radius 1 is 1.29 bits per heavy atom. The van der Waals surface area contributed by atoms with Crippen molar-refractivity contribution in [1.82, 2.24) is 0 Å². The molecular formula is C14H12BrFO5. The van der Waals surface area contributed by atoms with Crippen molar-refractivity contribution in [3.63, 3.8) is 0 Å². The van der Waals surface area contributed by atoms with E-state index in [0.717, 1.165) is 0 Å². The fourth-order valence-electron chi connectivity index (χ4n) is 2.37. The molecule has 0 radical (unpaired) electrons. The summed E-state index contributed by atoms with van der Waals surface area (Å²) in [4.78, 5) is 24.0. The maximum Gasteiger partial charge on any atom is 0.338 e. The Kier molecular flexibility index (Phi) is 3.49. The number of benzene rings is 1. The average molecular weight is 359 g/mol. The first-order chi connectivity index (χ1) is 9.89. The Balaban J connectivity index is 1.99. The lowest BCUT2D eigenvalue weighted by atomic mass is 10.0. The Bertz CT molecular complexity index is 603. The number of carbonyl (C=O) groups excluding carboxylic acids is 2. The van der Waals surface area contributed by atoms with Gasteiger partial charge in [-0.15, -0.1) is 0 Å². The molecule has 1 aromatic carbocycles. The number of fused-ring (bicyclic) bond motifs is 3. The van der Waals surface area contributed by atoms with Crippen LogP contribution in [0.1, 0.15) is 27.6 Å². The van der Waals surface area contributed by atoms with Crippen molar-refractivity contribution in [2.45, 2.75) is 29.8 Å². The number of alkyl halides is 2. The number of rotatable bonds is 0. The van der Waals surface area contributed by atoms with E-state index < -0.39 is 34.8 Å². The summed E-state index contributed by atoms with van der Waals surface area (Å²) in [6.07, 6.45) is -2.02. The summed E-state index contributed by atoms with van der Waals surface area (Å²) in [5.74, 6) is -1.29. The molecule has 2 heterocycles. The third-order valence-electron chi connectivity index (χ3n) is 3.58. The maximum absolute atomic E-state index is 14.6. The fourth-order valence-corrected chi connectivity index (χ4v) is 2.90. The summed E-state index contributed by atoms with van der Waals surface area (Å²) in [7, 11) is 0. The second kappa shape index (κ2) is 5.06. The van der Waals surface area contributed by atoms with Gasteiger partial charge >= 0.3 is 11.9 Å². The van der Waals surface area contributed by atoms with Gasteiger partial charge in [0.05, 0.1) is 11.1 Å². The first-order valence-electron chi connectivity index (χ1n) is 6.36. The summed E-state index contributed by atoms with van der Waals surface area (Å²) in [6, 6.07) is 5.92. The smallest absolute Gasteiger partial charge is 0.338 e. The molecule has 0 amide bonds. The molecule has 0 spiro atoms. The van der Waals surface area contributed by atoms with Gasteiger partial charge in [0, 0.05) is 0 Å². The first kappa shape index (κ1) is 14.5. The Labute approximate surface area is 128 Å². The molecule has 2 bridgehead atoms. The van der Waals surface area contributed by atoms with Crippen molar-refractivity contribution in [2.24, 2.45) is 0 Å². The molecule has 0 saturated carbocycles. The first-order valence-corrected chi connectivity index (χ1v) is 7.28. The van der Waals surface area contributed by atoms with Crippen molar-refractivity contribution in [1.29, 1.82) is 0 Å². The maximum atomic E-state index is 14.6. The second-order valence-corrected chi connectivity index (χ2v) is 5.98. The zero-order chi connectivity index (χ0) is 15.2. The molecule has 5 nitrogen and oxygen atoms in total. The van der Waals surface area contributed by atoms with E-state index in [1.807, 2.05) is 0 Å². The van der Waals surface area contributed by atoms with Crippen LogP contribution in [-0.4, -0.2) is 41.4 Å². The van der Waals surface area contributed by atoms with Crippen LogP contribution in [0.15, 0.2) is 24.3 Å². The predicted octanol–water partition coefficient (Wildman–Crippen LogP) is 2.23. The minimum Gasteiger partial charge on any atom is -0.459 e. The molecule has 1 saturated heterocycles. The highest BCUT2D eigenvalue weighted by Gasteiger charge is 2.56. The van der Waals surface area contributed by atoms with Gasteiger partial charge in [0.2, 0.25) is 0 Å². The molecule has 0 aromatic heterocycles. The molecule has 2 aliphatic heterocycles. The van der Waals surface area contributed by atoms with Crippen molar-refractivity contribution in [3.8, 4) is 0 Å². The van der Waals surface area contributed by atoms with Crippen LogP contribution >= 0.6 is 15.9 Å². The molecule has 0 N–H and O–H groups in total. The van der Waals surface area contributed by atoms with Gasteiger partial charge in [0.15, 0.2) is 16.8 Å². The van der Waals surface area contributed by atoms with E-state index in [1.54, 1.807) is 6.07 Å². The van der Waals surface area contributed by atoms with Crippen molar-refractivity contribution in [2.75, 3.05) is 6.61 Å². The van der Waals surface area contributed by atoms with E-state index in [-0.39, 0.29) is 17.7 Å². The number of esters is 2. The summed E-state index contributed by atoms with van der Waals surface area (Å²) in [6.45, 7) is 1.08. The monoisotopic (exact) mass is 358 g/mol. The third-order valence-corrected chi connectivity index (χ3v) is 4.69. The van der Waals surface area contributed by atoms with Gasteiger partial charge in [-0.05, 0) is 25.1 Å². The number of hydrogen-bond acceptors (Lipinski definition) is 5. The van der Waals surface area contributed by atoms with E-state index in [2.05, 4.69) is 15.9 Å². The van der Waals surface area contributed by atoms with Crippen LogP contribution in [0.25, 0.3) is 0 Å². The molecular weight excluding hydrogens is 347 g/mol. The number of ether oxygens (including phenoxy) is 3. The van der Waals surface area contributed by atoms with Crippen molar-refractivity contribution >= 4 is 27.9 Å². The highest BCUT2D eigenvalue weighted by molar-refractivity contribution is 9.09. The van der Waals surface area contributed by atoms with Crippen LogP contribution < -0.4 is 0 Å². The van der Waals surface area contributed by atoms with Gasteiger partial charge in [-0.2, -0.15) is 0 Å². The van der Waals surface area contributed by atoms with E-state index in [0.29, 0.717) is 0 Å². The molecule has 2 aliphatic rings. The standard InChI is InChI=1S/C14H12BrFO5/c1-14(16)10-9(20-13(14)15)6-19-11(17)7-3-2-4-8(5-7)12(18)21-10/h2-5,9-10,13H,6H2,1H3/t9-,10-,13+,14-/m1/s1. The lowest BCUT2D eigenvalue weighted by molar-refractivity contribution is -0.0428. The van der Waals surface area contributed by atoms with Crippen LogP contribution in [-0.2, 0) is 14.2 Å². The number of cyclic esters (lactones) is 1. The van der Waals surface area contributed by atoms with Gasteiger partial charge < -0.3 is 14.2 Å². The Morgan fingerprint density at radius 2 is 1.95 bits per heavy atom. The zero-order valence-corrected chi connectivity index (χ0v) is 12.6. The SMILES string of the molecule is C[C@@]1(F)[C@@H]2OC(=O)c3cccc(c3)C(=O)OC[C@H]2O[C@@H]1Br. The van der Waals surface area contributed by atoms with E-state index in [9.17, 15) is 14.0 Å². The van der Waals surface area contributed by atoms with Gasteiger partial charge in [0.25, 0.3) is 0 Å². The van der Waals surface area contributed by atoms with Gasteiger partial charge in [-0.3, -0.25) is 0 Å². The average Bonchev–Trinajstić information content (AvgIpc) is 2.67. The van der Waals surface area contributed by atoms with Gasteiger partial charge in [-0.25, -0.2) is 14.0 Å². The summed E-state index contributed by atoms with van der Waals surface area (Å²) in [5.41, 5.74) is -1.53. The lowest BCUT2D eigenvalue weighted by Crippen LogP contribution is -2.44. The molecule has 1 aromatic rings. The molecule has 7 heteroatoms.